The summed E-state index contributed by atoms with van der Waals surface area (Å²) < 4.78 is 60.2. The van der Waals surface area contributed by atoms with Gasteiger partial charge in [0.2, 0.25) is 10.0 Å². The molecule has 0 aromatic heterocycles. The van der Waals surface area contributed by atoms with Crippen molar-refractivity contribution in [3.63, 3.8) is 0 Å². The lowest BCUT2D eigenvalue weighted by atomic mass is 10.1. The lowest BCUT2D eigenvalue weighted by Crippen LogP contribution is -2.41. The van der Waals surface area contributed by atoms with Crippen LogP contribution in [0.2, 0.25) is 0 Å². The highest BCUT2D eigenvalue weighted by atomic mass is 32.2. The summed E-state index contributed by atoms with van der Waals surface area (Å²) in [7, 11) is -4.12. The summed E-state index contributed by atoms with van der Waals surface area (Å²) in [6.45, 7) is 0.955. The summed E-state index contributed by atoms with van der Waals surface area (Å²) in [5.74, 6) is -3.30. The Labute approximate surface area is 132 Å². The van der Waals surface area contributed by atoms with Crippen molar-refractivity contribution in [1.82, 2.24) is 9.62 Å². The van der Waals surface area contributed by atoms with Gasteiger partial charge in [0.25, 0.3) is 5.91 Å². The predicted octanol–water partition coefficient (Wildman–Crippen LogP) is 0.878. The highest BCUT2D eigenvalue weighted by Gasteiger charge is 2.33. The quantitative estimate of drug-likeness (QED) is 0.878. The molecule has 1 aromatic rings. The average Bonchev–Trinajstić information content (AvgIpc) is 3.31. The minimum absolute atomic E-state index is 0.203. The molecule has 0 bridgehead atoms. The molecule has 2 aliphatic rings. The van der Waals surface area contributed by atoms with Crippen molar-refractivity contribution in [3.8, 4) is 0 Å². The first-order valence-corrected chi connectivity index (χ1v) is 8.76. The molecule has 1 saturated carbocycles. The normalized spacial score (nSPS) is 19.0. The van der Waals surface area contributed by atoms with Crippen LogP contribution in [0.25, 0.3) is 0 Å². The van der Waals surface area contributed by atoms with Crippen LogP contribution in [-0.4, -0.2) is 51.6 Å². The molecule has 0 atom stereocenters. The first-order valence-electron chi connectivity index (χ1n) is 7.27. The van der Waals surface area contributed by atoms with Crippen molar-refractivity contribution in [2.45, 2.75) is 23.8 Å². The van der Waals surface area contributed by atoms with Gasteiger partial charge in [-0.15, -0.1) is 0 Å². The van der Waals surface area contributed by atoms with Crippen molar-refractivity contribution in [2.24, 2.45) is 0 Å². The zero-order valence-electron chi connectivity index (χ0n) is 12.2. The van der Waals surface area contributed by atoms with E-state index >= 15 is 0 Å². The van der Waals surface area contributed by atoms with Crippen molar-refractivity contribution in [2.75, 3.05) is 26.3 Å². The van der Waals surface area contributed by atoms with Gasteiger partial charge in [-0.05, 0) is 25.0 Å². The fourth-order valence-electron chi connectivity index (χ4n) is 2.35. The van der Waals surface area contributed by atoms with Gasteiger partial charge in [-0.3, -0.25) is 4.79 Å². The second-order valence-electron chi connectivity index (χ2n) is 5.53. The Kier molecular flexibility index (Phi) is 4.35. The van der Waals surface area contributed by atoms with E-state index in [2.05, 4.69) is 4.72 Å². The van der Waals surface area contributed by atoms with E-state index in [4.69, 9.17) is 4.74 Å². The fraction of sp³-hybridized carbons (Fsp3) is 0.500. The molecule has 1 aliphatic heterocycles. The molecular weight excluding hydrogens is 330 g/mol. The molecule has 0 spiro atoms. The van der Waals surface area contributed by atoms with Crippen LogP contribution in [-0.2, 0) is 14.8 Å². The van der Waals surface area contributed by atoms with Gasteiger partial charge >= 0.3 is 0 Å². The number of rotatable bonds is 4. The zero-order valence-corrected chi connectivity index (χ0v) is 13.0. The molecule has 6 nitrogen and oxygen atoms in total. The fourth-order valence-corrected chi connectivity index (χ4v) is 3.73. The van der Waals surface area contributed by atoms with Crippen molar-refractivity contribution < 1.29 is 26.7 Å². The number of hydrogen-bond acceptors (Lipinski definition) is 4. The SMILES string of the molecule is O=C(c1c(F)ccc(S(=O)(=O)NC2CC2)c1F)N1CCOCC1. The largest absolute Gasteiger partial charge is 0.378 e. The van der Waals surface area contributed by atoms with Crippen LogP contribution in [0.15, 0.2) is 17.0 Å². The Morgan fingerprint density at radius 2 is 1.87 bits per heavy atom. The number of morpholine rings is 1. The molecule has 1 amide bonds. The van der Waals surface area contributed by atoms with Crippen LogP contribution in [0.3, 0.4) is 0 Å². The van der Waals surface area contributed by atoms with Crippen LogP contribution in [0.4, 0.5) is 8.78 Å². The van der Waals surface area contributed by atoms with Gasteiger partial charge in [-0.1, -0.05) is 0 Å². The Morgan fingerprint density at radius 1 is 1.22 bits per heavy atom. The first kappa shape index (κ1) is 16.3. The standard InChI is InChI=1S/C14H16F2N2O4S/c15-10-3-4-11(23(20,21)17-9-1-2-9)13(16)12(10)14(19)18-5-7-22-8-6-18/h3-4,9,17H,1-2,5-8H2. The highest BCUT2D eigenvalue weighted by Crippen LogP contribution is 2.26. The van der Waals surface area contributed by atoms with Crippen LogP contribution >= 0.6 is 0 Å². The van der Waals surface area contributed by atoms with E-state index in [1.807, 2.05) is 0 Å². The number of benzene rings is 1. The number of halogens is 2. The smallest absolute Gasteiger partial charge is 0.260 e. The molecule has 1 heterocycles. The van der Waals surface area contributed by atoms with Gasteiger partial charge in [-0.2, -0.15) is 0 Å². The zero-order chi connectivity index (χ0) is 16.6. The number of ether oxygens (including phenoxy) is 1. The van der Waals surface area contributed by atoms with Crippen molar-refractivity contribution >= 4 is 15.9 Å². The number of nitrogens with one attached hydrogen (secondary N) is 1. The van der Waals surface area contributed by atoms with Gasteiger partial charge in [-0.25, -0.2) is 21.9 Å². The number of nitrogens with zero attached hydrogens (tertiary/aromatic N) is 1. The third-order valence-corrected chi connectivity index (χ3v) is 5.29. The van der Waals surface area contributed by atoms with E-state index in [1.54, 1.807) is 0 Å². The number of sulfonamides is 1. The Bertz CT molecular complexity index is 729. The molecule has 3 rings (SSSR count). The van der Waals surface area contributed by atoms with E-state index in [0.29, 0.717) is 12.8 Å². The maximum Gasteiger partial charge on any atom is 0.260 e. The molecule has 2 fully saturated rings. The summed E-state index contributed by atoms with van der Waals surface area (Å²) in [6, 6.07) is 1.42. The van der Waals surface area contributed by atoms with Gasteiger partial charge in [0, 0.05) is 19.1 Å². The summed E-state index contributed by atoms with van der Waals surface area (Å²) in [4.78, 5) is 12.9. The average molecular weight is 346 g/mol. The minimum Gasteiger partial charge on any atom is -0.378 e. The first-order chi connectivity index (χ1) is 10.9. The molecule has 9 heteroatoms. The minimum atomic E-state index is -4.12. The van der Waals surface area contributed by atoms with Crippen molar-refractivity contribution in [1.29, 1.82) is 0 Å². The monoisotopic (exact) mass is 346 g/mol. The van der Waals surface area contributed by atoms with E-state index in [0.717, 1.165) is 12.1 Å². The summed E-state index contributed by atoms with van der Waals surface area (Å²) >= 11 is 0. The molecular formula is C14H16F2N2O4S. The lowest BCUT2D eigenvalue weighted by Gasteiger charge is -2.27. The molecule has 23 heavy (non-hydrogen) atoms. The molecule has 1 aliphatic carbocycles. The Balaban J connectivity index is 1.96. The molecule has 0 radical (unpaired) electrons. The molecule has 126 valence electrons. The Morgan fingerprint density at radius 3 is 2.48 bits per heavy atom. The van der Waals surface area contributed by atoms with E-state index < -0.39 is 38.0 Å². The summed E-state index contributed by atoms with van der Waals surface area (Å²) in [5, 5.41) is 0. The van der Waals surface area contributed by atoms with E-state index in [9.17, 15) is 22.0 Å². The molecule has 1 aromatic carbocycles. The van der Waals surface area contributed by atoms with Crippen LogP contribution in [0.5, 0.6) is 0 Å². The van der Waals surface area contributed by atoms with Gasteiger partial charge in [0.05, 0.1) is 13.2 Å². The maximum atomic E-state index is 14.6. The van der Waals surface area contributed by atoms with Crippen LogP contribution < -0.4 is 4.72 Å². The highest BCUT2D eigenvalue weighted by molar-refractivity contribution is 7.89. The predicted molar refractivity (Wildman–Crippen MR) is 76.4 cm³/mol. The third-order valence-electron chi connectivity index (χ3n) is 3.76. The van der Waals surface area contributed by atoms with Crippen LogP contribution in [0, 0.1) is 11.6 Å². The maximum absolute atomic E-state index is 14.6. The number of amides is 1. The Hall–Kier alpha value is -1.58. The second kappa shape index (κ2) is 6.14. The molecule has 1 saturated heterocycles. The topological polar surface area (TPSA) is 75.7 Å². The summed E-state index contributed by atoms with van der Waals surface area (Å²) in [6.07, 6.45) is 1.36. The molecule has 1 N–H and O–H groups in total. The van der Waals surface area contributed by atoms with Gasteiger partial charge in [0.15, 0.2) is 5.82 Å². The van der Waals surface area contributed by atoms with Gasteiger partial charge in [0.1, 0.15) is 16.3 Å². The number of carbonyl (C=O) groups excluding carboxylic acids is 1. The van der Waals surface area contributed by atoms with E-state index in [-0.39, 0.29) is 32.3 Å². The van der Waals surface area contributed by atoms with E-state index in [1.165, 1.54) is 4.90 Å². The van der Waals surface area contributed by atoms with Crippen LogP contribution in [0.1, 0.15) is 23.2 Å². The lowest BCUT2D eigenvalue weighted by molar-refractivity contribution is 0.0296. The van der Waals surface area contributed by atoms with Gasteiger partial charge < -0.3 is 9.64 Å². The molecule has 0 unspecified atom stereocenters. The van der Waals surface area contributed by atoms with Crippen molar-refractivity contribution in [3.05, 3.63) is 29.3 Å². The second-order valence-corrected chi connectivity index (χ2v) is 7.22. The number of hydrogen-bond donors (Lipinski definition) is 1. The number of carbonyl (C=O) groups is 1. The summed E-state index contributed by atoms with van der Waals surface area (Å²) in [5.41, 5.74) is -0.842. The third kappa shape index (κ3) is 3.36.